The molecule has 0 unspecified atom stereocenters. The number of aliphatic hydroxyl groups is 1. The Bertz CT molecular complexity index is 1830. The van der Waals surface area contributed by atoms with Crippen molar-refractivity contribution in [3.05, 3.63) is 47.5 Å². The number of nitrogens with two attached hydrogens (primary N) is 2. The van der Waals surface area contributed by atoms with Crippen LogP contribution in [-0.4, -0.2) is 113 Å². The second-order valence-electron chi connectivity index (χ2n) is 11.4. The number of rotatable bonds is 12. The van der Waals surface area contributed by atoms with Crippen LogP contribution >= 0.6 is 11.6 Å². The largest absolute Gasteiger partial charge is 0.456 e. The number of nitrogens with zero attached hydrogens (tertiary/aromatic N) is 5. The van der Waals surface area contributed by atoms with E-state index < -0.39 is 60.8 Å². The first-order valence-corrected chi connectivity index (χ1v) is 16.1. The summed E-state index contributed by atoms with van der Waals surface area (Å²) in [5, 5.41) is 11.1. The summed E-state index contributed by atoms with van der Waals surface area (Å²) >= 11 is 6.30. The summed E-state index contributed by atoms with van der Waals surface area (Å²) in [6, 6.07) is 12.7. The van der Waals surface area contributed by atoms with Crippen LogP contribution in [0, 0.1) is 0 Å². The topological polar surface area (TPSA) is 239 Å². The van der Waals surface area contributed by atoms with E-state index in [9.17, 15) is 29.1 Å². The molecule has 0 saturated carbocycles. The SMILES string of the molecule is CC(=O)O[C@@H]([C@H](OC(C)=O)[C@@H](OC(C)=O)C(=O)N1CCN(c2cccc(-c3nc(N=C(N)N)nc4ccc(Cl)cc34)c2)CC1)[C@@H](CO)OC(C)=O. The molecule has 5 N–H and O–H groups in total. The van der Waals surface area contributed by atoms with E-state index >= 15 is 0 Å². The molecule has 1 aliphatic heterocycles. The molecule has 1 saturated heterocycles. The molecule has 4 atom stereocenters. The molecular weight excluding hydrogens is 690 g/mol. The number of esters is 4. The number of anilines is 1. The number of ether oxygens (including phenoxy) is 4. The minimum Gasteiger partial charge on any atom is -0.456 e. The van der Waals surface area contributed by atoms with Crippen molar-refractivity contribution in [2.75, 3.05) is 37.7 Å². The van der Waals surface area contributed by atoms with Crippen molar-refractivity contribution in [2.45, 2.75) is 52.1 Å². The van der Waals surface area contributed by atoms with Crippen molar-refractivity contribution in [1.29, 1.82) is 0 Å². The highest BCUT2D eigenvalue weighted by Crippen LogP contribution is 2.32. The molecule has 0 radical (unpaired) electrons. The fourth-order valence-electron chi connectivity index (χ4n) is 5.59. The average Bonchev–Trinajstić information content (AvgIpc) is 3.06. The number of benzene rings is 2. The first-order valence-electron chi connectivity index (χ1n) is 15.7. The Kier molecular flexibility index (Phi) is 12.7. The van der Waals surface area contributed by atoms with E-state index in [2.05, 4.69) is 15.0 Å². The van der Waals surface area contributed by atoms with Crippen LogP contribution in [0.25, 0.3) is 22.2 Å². The summed E-state index contributed by atoms with van der Waals surface area (Å²) in [5.41, 5.74) is 13.8. The molecule has 272 valence electrons. The summed E-state index contributed by atoms with van der Waals surface area (Å²) < 4.78 is 21.1. The fourth-order valence-corrected chi connectivity index (χ4v) is 5.76. The van der Waals surface area contributed by atoms with Crippen LogP contribution < -0.4 is 16.4 Å². The van der Waals surface area contributed by atoms with Gasteiger partial charge in [0.15, 0.2) is 24.3 Å². The van der Waals surface area contributed by atoms with Gasteiger partial charge in [0.25, 0.3) is 11.9 Å². The Labute approximate surface area is 297 Å². The summed E-state index contributed by atoms with van der Waals surface area (Å²) in [7, 11) is 0. The first-order chi connectivity index (χ1) is 24.2. The van der Waals surface area contributed by atoms with Gasteiger partial charge in [-0.3, -0.25) is 24.0 Å². The van der Waals surface area contributed by atoms with E-state index in [0.29, 0.717) is 34.7 Å². The minimum absolute atomic E-state index is 0.0702. The number of carbonyl (C=O) groups is 5. The third kappa shape index (κ3) is 10.0. The monoisotopic (exact) mass is 727 g/mol. The summed E-state index contributed by atoms with van der Waals surface area (Å²) in [4.78, 5) is 78.7. The zero-order chi connectivity index (χ0) is 37.4. The van der Waals surface area contributed by atoms with Crippen LogP contribution in [0.2, 0.25) is 5.02 Å². The highest BCUT2D eigenvalue weighted by Gasteiger charge is 2.47. The number of guanidine groups is 1. The number of halogens is 1. The van der Waals surface area contributed by atoms with Gasteiger partial charge in [0.05, 0.1) is 17.8 Å². The van der Waals surface area contributed by atoms with Gasteiger partial charge in [0.1, 0.15) is 0 Å². The smallest absolute Gasteiger partial charge is 0.303 e. The van der Waals surface area contributed by atoms with E-state index in [0.717, 1.165) is 38.9 Å². The second kappa shape index (κ2) is 16.9. The number of hydrogen-bond donors (Lipinski definition) is 3. The zero-order valence-electron chi connectivity index (χ0n) is 28.3. The Morgan fingerprint density at radius 1 is 0.843 bits per heavy atom. The van der Waals surface area contributed by atoms with E-state index in [1.54, 1.807) is 18.2 Å². The third-order valence-electron chi connectivity index (χ3n) is 7.58. The second-order valence-corrected chi connectivity index (χ2v) is 11.9. The molecule has 0 bridgehead atoms. The molecule has 1 amide bonds. The molecule has 0 spiro atoms. The van der Waals surface area contributed by atoms with Gasteiger partial charge in [-0.1, -0.05) is 23.7 Å². The quantitative estimate of drug-likeness (QED) is 0.103. The van der Waals surface area contributed by atoms with Crippen molar-refractivity contribution >= 4 is 69.9 Å². The lowest BCUT2D eigenvalue weighted by Crippen LogP contribution is -2.59. The predicted octanol–water partition coefficient (Wildman–Crippen LogP) is 1.22. The van der Waals surface area contributed by atoms with Crippen LogP contribution in [0.4, 0.5) is 11.6 Å². The van der Waals surface area contributed by atoms with E-state index in [1.165, 1.54) is 4.90 Å². The van der Waals surface area contributed by atoms with Crippen molar-refractivity contribution in [3.63, 3.8) is 0 Å². The molecule has 1 aromatic heterocycles. The molecule has 51 heavy (non-hydrogen) atoms. The number of fused-ring (bicyclic) bond motifs is 1. The van der Waals surface area contributed by atoms with Gasteiger partial charge in [-0.15, -0.1) is 0 Å². The maximum atomic E-state index is 14.0. The van der Waals surface area contributed by atoms with Gasteiger partial charge in [-0.2, -0.15) is 4.99 Å². The number of carbonyl (C=O) groups excluding carboxylic acids is 5. The highest BCUT2D eigenvalue weighted by atomic mass is 35.5. The number of amides is 1. The molecule has 0 aliphatic carbocycles. The molecule has 18 heteroatoms. The normalized spacial score (nSPS) is 15.2. The number of aliphatic hydroxyl groups excluding tert-OH is 1. The molecule has 2 heterocycles. The maximum Gasteiger partial charge on any atom is 0.303 e. The van der Waals surface area contributed by atoms with Gasteiger partial charge in [0, 0.05) is 75.5 Å². The molecule has 4 rings (SSSR count). The van der Waals surface area contributed by atoms with Crippen molar-refractivity contribution < 1.29 is 48.0 Å². The molecule has 3 aromatic rings. The van der Waals surface area contributed by atoms with E-state index in [1.807, 2.05) is 29.2 Å². The Balaban J connectivity index is 1.61. The number of piperazine rings is 1. The minimum atomic E-state index is -1.83. The van der Waals surface area contributed by atoms with Crippen LogP contribution in [0.15, 0.2) is 47.5 Å². The highest BCUT2D eigenvalue weighted by molar-refractivity contribution is 6.31. The molecule has 17 nitrogen and oxygen atoms in total. The van der Waals surface area contributed by atoms with E-state index in [-0.39, 0.29) is 25.0 Å². The van der Waals surface area contributed by atoms with Crippen molar-refractivity contribution in [1.82, 2.24) is 14.9 Å². The fraction of sp³-hybridized carbons (Fsp3) is 0.394. The first kappa shape index (κ1) is 38.3. The number of aromatic nitrogens is 2. The lowest BCUT2D eigenvalue weighted by molar-refractivity contribution is -0.203. The third-order valence-corrected chi connectivity index (χ3v) is 7.81. The molecule has 2 aromatic carbocycles. The average molecular weight is 728 g/mol. The van der Waals surface area contributed by atoms with Crippen LogP contribution in [0.5, 0.6) is 0 Å². The lowest BCUT2D eigenvalue weighted by Gasteiger charge is -2.40. The summed E-state index contributed by atoms with van der Waals surface area (Å²) in [6.45, 7) is 4.21. The van der Waals surface area contributed by atoms with Gasteiger partial charge in [-0.05, 0) is 30.3 Å². The Morgan fingerprint density at radius 2 is 1.47 bits per heavy atom. The zero-order valence-corrected chi connectivity index (χ0v) is 29.0. The van der Waals surface area contributed by atoms with Crippen LogP contribution in [0.1, 0.15) is 27.7 Å². The maximum absolute atomic E-state index is 14.0. The summed E-state index contributed by atoms with van der Waals surface area (Å²) in [6.07, 6.45) is -6.89. The molecule has 1 aliphatic rings. The van der Waals surface area contributed by atoms with E-state index in [4.69, 9.17) is 42.0 Å². The van der Waals surface area contributed by atoms with Crippen molar-refractivity contribution in [3.8, 4) is 11.3 Å². The number of aliphatic imine (C=N–C) groups is 1. The van der Waals surface area contributed by atoms with Gasteiger partial charge in [-0.25, -0.2) is 9.97 Å². The Morgan fingerprint density at radius 3 is 2.06 bits per heavy atom. The summed E-state index contributed by atoms with van der Waals surface area (Å²) in [5.74, 6) is -4.48. The van der Waals surface area contributed by atoms with Gasteiger partial charge in [0.2, 0.25) is 6.10 Å². The van der Waals surface area contributed by atoms with Crippen LogP contribution in [-0.2, 0) is 42.9 Å². The van der Waals surface area contributed by atoms with Crippen molar-refractivity contribution in [2.24, 2.45) is 16.5 Å². The lowest BCUT2D eigenvalue weighted by atomic mass is 10.0. The predicted molar refractivity (Wildman–Crippen MR) is 184 cm³/mol. The standard InChI is InChI=1S/C33H38ClN7O10/c1-17(43)48-26(16-42)28(49-18(2)44)29(50-19(3)45)30(51-20(4)46)31(47)41-12-10-40(11-13-41)23-7-5-6-21(14-23)27-24-15-22(34)8-9-25(24)37-33(38-27)39-32(35)36/h5-9,14-15,26,28-30,42H,10-13,16H2,1-4H3,(H4,35,36,37,38,39)/t26-,28-,29+,30-/m1/s1. The molecule has 1 fully saturated rings. The number of hydrogen-bond acceptors (Lipinski definition) is 14. The van der Waals surface area contributed by atoms with Gasteiger partial charge < -0.3 is 45.3 Å². The molecular formula is C33H38ClN7O10. The van der Waals surface area contributed by atoms with Gasteiger partial charge >= 0.3 is 23.9 Å². The Hall–Kier alpha value is -5.55. The van der Waals surface area contributed by atoms with Crippen LogP contribution in [0.3, 0.4) is 0 Å².